The second-order valence-corrected chi connectivity index (χ2v) is 6.67. The zero-order chi connectivity index (χ0) is 19.2. The highest BCUT2D eigenvalue weighted by Gasteiger charge is 2.15. The quantitative estimate of drug-likeness (QED) is 0.247. The summed E-state index contributed by atoms with van der Waals surface area (Å²) in [5.41, 5.74) is 0.958. The molecule has 0 radical (unpaired) electrons. The summed E-state index contributed by atoms with van der Waals surface area (Å²) in [7, 11) is 0. The smallest absolute Gasteiger partial charge is 0.315 e. The molecule has 0 unspecified atom stereocenters. The van der Waals surface area contributed by atoms with Crippen molar-refractivity contribution in [2.45, 2.75) is 84.0 Å². The molecule has 1 N–H and O–H groups in total. The molecule has 0 saturated carbocycles. The minimum absolute atomic E-state index is 0.0532. The third kappa shape index (κ3) is 9.39. The number of furan rings is 2. The SMILES string of the molecule is CCCCCCCCCCCCCC(=O)O.O=[N+]([O-])c1cc2ccc1o2. The molecule has 0 spiro atoms. The van der Waals surface area contributed by atoms with Gasteiger partial charge in [-0.3, -0.25) is 14.9 Å². The molecule has 2 aromatic heterocycles. The summed E-state index contributed by atoms with van der Waals surface area (Å²) < 4.78 is 4.93. The molecule has 6 heteroatoms. The van der Waals surface area contributed by atoms with Crippen LogP contribution in [0.4, 0.5) is 5.69 Å². The van der Waals surface area contributed by atoms with E-state index in [0.717, 1.165) is 12.8 Å². The van der Waals surface area contributed by atoms with Crippen molar-refractivity contribution >= 4 is 22.8 Å². The van der Waals surface area contributed by atoms with E-state index in [4.69, 9.17) is 9.52 Å². The number of carbonyl (C=O) groups is 1. The van der Waals surface area contributed by atoms with Gasteiger partial charge in [0.25, 0.3) is 0 Å². The monoisotopic (exact) mass is 365 g/mol. The predicted octanol–water partition coefficient (Wildman–Crippen LogP) is 6.55. The average Bonchev–Trinajstić information content (AvgIpc) is 3.23. The Morgan fingerprint density at radius 3 is 1.88 bits per heavy atom. The second-order valence-electron chi connectivity index (χ2n) is 6.67. The fourth-order valence-electron chi connectivity index (χ4n) is 2.86. The van der Waals surface area contributed by atoms with Crippen LogP contribution in [0.3, 0.4) is 0 Å². The first-order valence-electron chi connectivity index (χ1n) is 9.72. The maximum Gasteiger partial charge on any atom is 0.315 e. The number of carboxylic acid groups (broad SMARTS) is 1. The van der Waals surface area contributed by atoms with Gasteiger partial charge in [0.2, 0.25) is 5.58 Å². The number of nitrogens with zero attached hydrogens (tertiary/aromatic N) is 1. The number of nitro groups is 1. The van der Waals surface area contributed by atoms with E-state index >= 15 is 0 Å². The van der Waals surface area contributed by atoms with Crippen LogP contribution in [0.5, 0.6) is 0 Å². The standard InChI is InChI=1S/C14H28O2.C6H3NO3/c1-2-3-4-5-6-7-8-9-10-11-12-13-14(15)16;8-7(9)5-3-4-1-2-6(5)10-4/h2-13H2,1H3,(H,15,16);1-3H. The Bertz CT molecular complexity index is 622. The van der Waals surface area contributed by atoms with Gasteiger partial charge < -0.3 is 9.52 Å². The molecular formula is C20H31NO5. The molecular weight excluding hydrogens is 334 g/mol. The normalized spacial score (nSPS) is 10.7. The summed E-state index contributed by atoms with van der Waals surface area (Å²) in [6.45, 7) is 2.25. The van der Waals surface area contributed by atoms with Crippen molar-refractivity contribution in [3.05, 3.63) is 28.3 Å². The zero-order valence-corrected chi connectivity index (χ0v) is 15.7. The largest absolute Gasteiger partial charge is 0.481 e. The second kappa shape index (κ2) is 13.1. The molecule has 0 aliphatic heterocycles. The molecule has 6 nitrogen and oxygen atoms in total. The highest BCUT2D eigenvalue weighted by atomic mass is 16.6. The Kier molecular flexibility index (Phi) is 11.1. The van der Waals surface area contributed by atoms with Crippen molar-refractivity contribution in [1.29, 1.82) is 0 Å². The molecule has 0 aliphatic rings. The van der Waals surface area contributed by atoms with Gasteiger partial charge in [-0.2, -0.15) is 0 Å². The van der Waals surface area contributed by atoms with Gasteiger partial charge in [-0.05, 0) is 18.6 Å². The lowest BCUT2D eigenvalue weighted by Crippen LogP contribution is -1.93. The molecule has 0 aliphatic carbocycles. The predicted molar refractivity (Wildman–Crippen MR) is 103 cm³/mol. The molecule has 146 valence electrons. The molecule has 0 aromatic carbocycles. The summed E-state index contributed by atoms with van der Waals surface area (Å²) >= 11 is 0. The lowest BCUT2D eigenvalue weighted by atomic mass is 10.1. The maximum atomic E-state index is 10.3. The molecule has 0 saturated heterocycles. The summed E-state index contributed by atoms with van der Waals surface area (Å²) in [5.74, 6) is -0.657. The van der Waals surface area contributed by atoms with E-state index in [0.29, 0.717) is 17.6 Å². The number of benzene rings is 1. The van der Waals surface area contributed by atoms with E-state index in [-0.39, 0.29) is 5.69 Å². The van der Waals surface area contributed by atoms with Crippen LogP contribution in [0.2, 0.25) is 0 Å². The minimum Gasteiger partial charge on any atom is -0.481 e. The van der Waals surface area contributed by atoms with E-state index in [1.54, 1.807) is 12.1 Å². The van der Waals surface area contributed by atoms with Crippen LogP contribution in [0, 0.1) is 10.1 Å². The summed E-state index contributed by atoms with van der Waals surface area (Å²) in [6, 6.07) is 4.70. The highest BCUT2D eigenvalue weighted by Crippen LogP contribution is 2.27. The minimum atomic E-state index is -0.657. The van der Waals surface area contributed by atoms with Crippen molar-refractivity contribution in [3.63, 3.8) is 0 Å². The Morgan fingerprint density at radius 1 is 1.00 bits per heavy atom. The summed E-state index contributed by atoms with van der Waals surface area (Å²) in [6.07, 6.45) is 14.4. The first-order chi connectivity index (χ1) is 12.5. The van der Waals surface area contributed by atoms with Crippen LogP contribution in [0.15, 0.2) is 22.6 Å². The average molecular weight is 365 g/mol. The van der Waals surface area contributed by atoms with Crippen molar-refractivity contribution in [1.82, 2.24) is 0 Å². The van der Waals surface area contributed by atoms with Gasteiger partial charge in [0.15, 0.2) is 0 Å². The molecule has 2 aromatic rings. The van der Waals surface area contributed by atoms with Gasteiger partial charge in [-0.15, -0.1) is 0 Å². The third-order valence-corrected chi connectivity index (χ3v) is 4.35. The fourth-order valence-corrected chi connectivity index (χ4v) is 2.86. The molecule has 2 rings (SSSR count). The number of fused-ring (bicyclic) bond motifs is 2. The maximum absolute atomic E-state index is 10.3. The highest BCUT2D eigenvalue weighted by molar-refractivity contribution is 5.73. The Hall–Kier alpha value is -2.11. The molecule has 0 amide bonds. The number of hydrogen-bond donors (Lipinski definition) is 1. The van der Waals surface area contributed by atoms with Crippen LogP contribution >= 0.6 is 0 Å². The van der Waals surface area contributed by atoms with Gasteiger partial charge in [0, 0.05) is 6.42 Å². The van der Waals surface area contributed by atoms with Crippen LogP contribution in [0.1, 0.15) is 84.0 Å². The van der Waals surface area contributed by atoms with Crippen molar-refractivity contribution in [2.24, 2.45) is 0 Å². The molecule has 2 bridgehead atoms. The molecule has 0 fully saturated rings. The Balaban J connectivity index is 0.000000284. The van der Waals surface area contributed by atoms with E-state index in [2.05, 4.69) is 6.92 Å². The summed E-state index contributed by atoms with van der Waals surface area (Å²) in [4.78, 5) is 20.0. The lowest BCUT2D eigenvalue weighted by molar-refractivity contribution is -0.383. The summed E-state index contributed by atoms with van der Waals surface area (Å²) in [5, 5.41) is 18.6. The number of carboxylic acids is 1. The fraction of sp³-hybridized carbons (Fsp3) is 0.650. The molecule has 2 heterocycles. The Morgan fingerprint density at radius 2 is 1.54 bits per heavy atom. The topological polar surface area (TPSA) is 93.6 Å². The van der Waals surface area contributed by atoms with Crippen LogP contribution in [0.25, 0.3) is 11.2 Å². The van der Waals surface area contributed by atoms with Gasteiger partial charge in [0.05, 0.1) is 11.0 Å². The van der Waals surface area contributed by atoms with E-state index in [1.165, 1.54) is 63.9 Å². The van der Waals surface area contributed by atoms with Crippen molar-refractivity contribution in [2.75, 3.05) is 0 Å². The van der Waals surface area contributed by atoms with E-state index < -0.39 is 10.9 Å². The number of rotatable bonds is 13. The van der Waals surface area contributed by atoms with Crippen LogP contribution < -0.4 is 0 Å². The lowest BCUT2D eigenvalue weighted by Gasteiger charge is -2.01. The van der Waals surface area contributed by atoms with Gasteiger partial charge in [-0.25, -0.2) is 0 Å². The Labute approximate surface area is 155 Å². The van der Waals surface area contributed by atoms with Crippen molar-refractivity contribution in [3.8, 4) is 0 Å². The molecule has 26 heavy (non-hydrogen) atoms. The van der Waals surface area contributed by atoms with Gasteiger partial charge in [-0.1, -0.05) is 71.1 Å². The van der Waals surface area contributed by atoms with Crippen molar-refractivity contribution < 1.29 is 19.2 Å². The van der Waals surface area contributed by atoms with Gasteiger partial charge >= 0.3 is 11.7 Å². The molecule has 0 atom stereocenters. The number of nitro benzene ring substituents is 1. The number of unbranched alkanes of at least 4 members (excludes halogenated alkanes) is 10. The van der Waals surface area contributed by atoms with Crippen LogP contribution in [-0.2, 0) is 4.79 Å². The first kappa shape index (κ1) is 21.9. The van der Waals surface area contributed by atoms with Gasteiger partial charge in [0.1, 0.15) is 5.58 Å². The number of non-ortho nitro benzene ring substituents is 1. The van der Waals surface area contributed by atoms with E-state index in [1.807, 2.05) is 0 Å². The third-order valence-electron chi connectivity index (χ3n) is 4.35. The van der Waals surface area contributed by atoms with Crippen LogP contribution in [-0.4, -0.2) is 16.0 Å². The number of hydrogen-bond acceptors (Lipinski definition) is 4. The van der Waals surface area contributed by atoms with E-state index in [9.17, 15) is 14.9 Å². The first-order valence-corrected chi connectivity index (χ1v) is 9.72. The number of aliphatic carboxylic acids is 1. The zero-order valence-electron chi connectivity index (χ0n) is 15.7.